The van der Waals surface area contributed by atoms with E-state index in [0.717, 1.165) is 17.0 Å². The van der Waals surface area contributed by atoms with E-state index in [1.165, 1.54) is 47.6 Å². The van der Waals surface area contributed by atoms with Gasteiger partial charge in [0.05, 0.1) is 28.2 Å². The van der Waals surface area contributed by atoms with Crippen LogP contribution >= 0.6 is 11.6 Å². The number of carbonyl (C=O) groups is 3. The van der Waals surface area contributed by atoms with Crippen molar-refractivity contribution in [2.45, 2.75) is 29.3 Å². The van der Waals surface area contributed by atoms with Gasteiger partial charge in [0.15, 0.2) is 0 Å². The highest BCUT2D eigenvalue weighted by Gasteiger charge is 2.71. The predicted octanol–water partition coefficient (Wildman–Crippen LogP) is 5.03. The average molecular weight is 579 g/mol. The molecule has 1 saturated heterocycles. The van der Waals surface area contributed by atoms with Crippen LogP contribution in [0.1, 0.15) is 23.7 Å². The van der Waals surface area contributed by atoms with Crippen molar-refractivity contribution < 1.29 is 36.0 Å². The zero-order valence-electron chi connectivity index (χ0n) is 19.9. The molecule has 5 rings (SSSR count). The Morgan fingerprint density at radius 2 is 1.69 bits per heavy atom. The number of alkyl halides is 3. The largest absolute Gasteiger partial charge is 0.501 e. The minimum Gasteiger partial charge on any atom is -0.319 e. The van der Waals surface area contributed by atoms with Gasteiger partial charge in [-0.25, -0.2) is 18.1 Å². The van der Waals surface area contributed by atoms with Crippen molar-refractivity contribution in [1.29, 1.82) is 0 Å². The first-order valence-corrected chi connectivity index (χ1v) is 13.3. The Kier molecular flexibility index (Phi) is 6.18. The molecule has 2 unspecified atom stereocenters. The van der Waals surface area contributed by atoms with Gasteiger partial charge in [-0.15, -0.1) is 0 Å². The summed E-state index contributed by atoms with van der Waals surface area (Å²) in [6.45, 7) is 1.76. The molecule has 39 heavy (non-hydrogen) atoms. The number of pyridine rings is 1. The maximum Gasteiger partial charge on any atom is 0.501 e. The predicted molar refractivity (Wildman–Crippen MR) is 135 cm³/mol. The van der Waals surface area contributed by atoms with Gasteiger partial charge < -0.3 is 5.32 Å². The molecule has 2 atom stereocenters. The molecule has 1 spiro atoms. The Balaban J connectivity index is 1.50. The molecule has 1 aliphatic carbocycles. The van der Waals surface area contributed by atoms with Crippen molar-refractivity contribution in [3.8, 4) is 0 Å². The van der Waals surface area contributed by atoms with Crippen LogP contribution in [0.4, 0.5) is 35.0 Å². The lowest BCUT2D eigenvalue weighted by atomic mass is 10.1. The van der Waals surface area contributed by atoms with Crippen LogP contribution in [0, 0.1) is 5.92 Å². The first-order valence-electron chi connectivity index (χ1n) is 11.4. The summed E-state index contributed by atoms with van der Waals surface area (Å²) in [5, 5.41) is 3.12. The Labute approximate surface area is 225 Å². The van der Waals surface area contributed by atoms with E-state index >= 15 is 0 Å². The molecule has 2 heterocycles. The number of carbonyl (C=O) groups excluding carboxylic acids is 3. The molecule has 2 aliphatic rings. The van der Waals surface area contributed by atoms with Crippen LogP contribution in [0.3, 0.4) is 0 Å². The fourth-order valence-corrected chi connectivity index (χ4v) is 5.48. The molecule has 9 nitrogen and oxygen atoms in total. The van der Waals surface area contributed by atoms with Crippen molar-refractivity contribution >= 4 is 56.3 Å². The molecule has 0 radical (unpaired) electrons. The van der Waals surface area contributed by atoms with Gasteiger partial charge in [0.25, 0.3) is 21.7 Å². The molecular formula is C25H18ClF3N4O5S. The van der Waals surface area contributed by atoms with Crippen molar-refractivity contribution in [1.82, 2.24) is 4.98 Å². The Morgan fingerprint density at radius 1 is 1.08 bits per heavy atom. The summed E-state index contributed by atoms with van der Waals surface area (Å²) in [5.74, 6) is -1.43. The number of halogens is 4. The summed E-state index contributed by atoms with van der Waals surface area (Å²) in [6.07, 6.45) is 2.99. The Hall–Kier alpha value is -3.97. The molecule has 1 N–H and O–H groups in total. The Bertz CT molecular complexity index is 1610. The molecule has 1 saturated carbocycles. The molecule has 2 aromatic carbocycles. The third-order valence-electron chi connectivity index (χ3n) is 6.73. The maximum atomic E-state index is 13.7. The van der Waals surface area contributed by atoms with E-state index in [4.69, 9.17) is 11.6 Å². The number of aromatic nitrogens is 1. The smallest absolute Gasteiger partial charge is 0.319 e. The number of hydrogen-bond donors (Lipinski definition) is 1. The first-order chi connectivity index (χ1) is 18.3. The molecule has 2 fully saturated rings. The summed E-state index contributed by atoms with van der Waals surface area (Å²) >= 11 is 5.88. The standard InChI is InChI=1S/C25H18ClF3N4O5S/c1-14-12-24(14)22(35)32(17-6-8-18(9-7-17)39(37,38)25(27,28)29)23(36)33(24)20-10-11-30-13-19(20)31-21(34)15-2-4-16(26)5-3-15/h2-11,13-14H,12H2,1H3,(H,31,34). The number of nitrogens with zero attached hydrogens (tertiary/aromatic N) is 3. The van der Waals surface area contributed by atoms with Crippen LogP contribution in [0.25, 0.3) is 0 Å². The van der Waals surface area contributed by atoms with Gasteiger partial charge in [-0.05, 0) is 66.9 Å². The lowest BCUT2D eigenvalue weighted by Gasteiger charge is -2.24. The summed E-state index contributed by atoms with van der Waals surface area (Å²) < 4.78 is 62.3. The Morgan fingerprint density at radius 3 is 2.26 bits per heavy atom. The van der Waals surface area contributed by atoms with Crippen LogP contribution in [-0.4, -0.2) is 42.3 Å². The lowest BCUT2D eigenvalue weighted by Crippen LogP contribution is -2.39. The van der Waals surface area contributed by atoms with Crippen molar-refractivity contribution in [2.75, 3.05) is 15.1 Å². The SMILES string of the molecule is CC1CC12C(=O)N(c1ccc(S(=O)(=O)C(F)(F)F)cc1)C(=O)N2c1ccncc1NC(=O)c1ccc(Cl)cc1. The van der Waals surface area contributed by atoms with Crippen LogP contribution in [-0.2, 0) is 14.6 Å². The van der Waals surface area contributed by atoms with Crippen molar-refractivity contribution in [3.63, 3.8) is 0 Å². The molecule has 0 bridgehead atoms. The number of anilines is 3. The highest BCUT2D eigenvalue weighted by Crippen LogP contribution is 2.56. The zero-order chi connectivity index (χ0) is 28.3. The number of rotatable bonds is 5. The molecule has 3 aromatic rings. The van der Waals surface area contributed by atoms with Gasteiger partial charge >= 0.3 is 11.5 Å². The van der Waals surface area contributed by atoms with Gasteiger partial charge in [0.1, 0.15) is 5.54 Å². The molecule has 1 aliphatic heterocycles. The fourth-order valence-electron chi connectivity index (χ4n) is 4.59. The molecule has 4 amide bonds. The van der Waals surface area contributed by atoms with Crippen molar-refractivity contribution in [3.05, 3.63) is 77.6 Å². The lowest BCUT2D eigenvalue weighted by molar-refractivity contribution is -0.119. The average Bonchev–Trinajstić information content (AvgIpc) is 3.50. The maximum absolute atomic E-state index is 13.7. The van der Waals surface area contributed by atoms with Crippen LogP contribution in [0.15, 0.2) is 71.9 Å². The minimum atomic E-state index is -5.61. The van der Waals surface area contributed by atoms with E-state index in [-0.39, 0.29) is 28.5 Å². The van der Waals surface area contributed by atoms with Gasteiger partial charge in [0, 0.05) is 16.8 Å². The number of urea groups is 1. The van der Waals surface area contributed by atoms with Crippen LogP contribution in [0.2, 0.25) is 5.02 Å². The quantitative estimate of drug-likeness (QED) is 0.424. The minimum absolute atomic E-state index is 0.104. The molecule has 1 aromatic heterocycles. The second kappa shape index (κ2) is 9.06. The van der Waals surface area contributed by atoms with Gasteiger partial charge in [-0.1, -0.05) is 18.5 Å². The van der Waals surface area contributed by atoms with E-state index < -0.39 is 43.6 Å². The van der Waals surface area contributed by atoms with E-state index in [2.05, 4.69) is 10.3 Å². The highest BCUT2D eigenvalue weighted by molar-refractivity contribution is 7.92. The summed E-state index contributed by atoms with van der Waals surface area (Å²) in [7, 11) is -5.61. The third-order valence-corrected chi connectivity index (χ3v) is 8.49. The second-order valence-electron chi connectivity index (χ2n) is 9.08. The van der Waals surface area contributed by atoms with Crippen molar-refractivity contribution in [2.24, 2.45) is 5.92 Å². The monoisotopic (exact) mass is 578 g/mol. The highest BCUT2D eigenvalue weighted by atomic mass is 35.5. The summed E-state index contributed by atoms with van der Waals surface area (Å²) in [5.41, 5.74) is -6.29. The van der Waals surface area contributed by atoms with Gasteiger partial charge in [-0.3, -0.25) is 19.5 Å². The second-order valence-corrected chi connectivity index (χ2v) is 11.5. The molecular weight excluding hydrogens is 561 g/mol. The first kappa shape index (κ1) is 26.6. The number of hydrogen-bond acceptors (Lipinski definition) is 6. The van der Waals surface area contributed by atoms with E-state index in [9.17, 15) is 36.0 Å². The van der Waals surface area contributed by atoms with E-state index in [1.807, 2.05) is 0 Å². The van der Waals surface area contributed by atoms with Crippen LogP contribution in [0.5, 0.6) is 0 Å². The van der Waals surface area contributed by atoms with Gasteiger partial charge in [0.2, 0.25) is 0 Å². The summed E-state index contributed by atoms with van der Waals surface area (Å²) in [6, 6.07) is 10.0. The normalized spacial score (nSPS) is 21.0. The topological polar surface area (TPSA) is 117 Å². The molecule has 14 heteroatoms. The van der Waals surface area contributed by atoms with E-state index in [1.54, 1.807) is 6.92 Å². The van der Waals surface area contributed by atoms with Crippen LogP contribution < -0.4 is 15.1 Å². The summed E-state index contributed by atoms with van der Waals surface area (Å²) in [4.78, 5) is 45.1. The number of sulfone groups is 1. The number of amides is 4. The third kappa shape index (κ3) is 4.21. The zero-order valence-corrected chi connectivity index (χ0v) is 21.5. The number of imide groups is 1. The number of benzene rings is 2. The van der Waals surface area contributed by atoms with E-state index in [0.29, 0.717) is 23.6 Å². The van der Waals surface area contributed by atoms with Gasteiger partial charge in [-0.2, -0.15) is 13.2 Å². The number of nitrogens with one attached hydrogen (secondary N) is 1. The fraction of sp³-hybridized carbons (Fsp3) is 0.200. The molecule has 202 valence electrons.